The van der Waals surface area contributed by atoms with Gasteiger partial charge >= 0.3 is 5.97 Å². The Kier molecular flexibility index (Phi) is 5.09. The second-order valence-electron chi connectivity index (χ2n) is 4.95. The van der Waals surface area contributed by atoms with Gasteiger partial charge in [-0.2, -0.15) is 0 Å². The molecule has 1 aliphatic rings. The van der Waals surface area contributed by atoms with E-state index in [2.05, 4.69) is 0 Å². The zero-order valence-electron chi connectivity index (χ0n) is 9.87. The van der Waals surface area contributed by atoms with Gasteiger partial charge in [-0.15, -0.1) is 0 Å². The van der Waals surface area contributed by atoms with Gasteiger partial charge in [0.05, 0.1) is 13.0 Å². The lowest BCUT2D eigenvalue weighted by Gasteiger charge is -2.15. The van der Waals surface area contributed by atoms with Crippen LogP contribution in [0.1, 0.15) is 46.0 Å². The molecule has 1 fully saturated rings. The summed E-state index contributed by atoms with van der Waals surface area (Å²) in [5.74, 6) is 0.802. The Morgan fingerprint density at radius 3 is 2.53 bits per heavy atom. The molecule has 0 spiro atoms. The highest BCUT2D eigenvalue weighted by Crippen LogP contribution is 2.24. The molecule has 0 heterocycles. The SMILES string of the molecule is CC(C)C(N)CC(=O)OCC1CCCC1. The fraction of sp³-hybridized carbons (Fsp3) is 0.917. The summed E-state index contributed by atoms with van der Waals surface area (Å²) in [5, 5.41) is 0. The Balaban J connectivity index is 2.12. The lowest BCUT2D eigenvalue weighted by Crippen LogP contribution is -2.30. The van der Waals surface area contributed by atoms with E-state index in [1.165, 1.54) is 25.7 Å². The number of carbonyl (C=O) groups is 1. The van der Waals surface area contributed by atoms with Crippen LogP contribution in [0.4, 0.5) is 0 Å². The largest absolute Gasteiger partial charge is 0.465 e. The van der Waals surface area contributed by atoms with Gasteiger partial charge < -0.3 is 10.5 Å². The van der Waals surface area contributed by atoms with Gasteiger partial charge in [-0.1, -0.05) is 26.7 Å². The average Bonchev–Trinajstić information content (AvgIpc) is 2.66. The maximum Gasteiger partial charge on any atom is 0.307 e. The summed E-state index contributed by atoms with van der Waals surface area (Å²) in [6.07, 6.45) is 5.35. The predicted molar refractivity (Wildman–Crippen MR) is 60.3 cm³/mol. The van der Waals surface area contributed by atoms with Crippen molar-refractivity contribution in [3.63, 3.8) is 0 Å². The zero-order valence-corrected chi connectivity index (χ0v) is 9.87. The van der Waals surface area contributed by atoms with Crippen LogP contribution < -0.4 is 5.73 Å². The van der Waals surface area contributed by atoms with Gasteiger partial charge in [-0.3, -0.25) is 4.79 Å². The Hall–Kier alpha value is -0.570. The van der Waals surface area contributed by atoms with Crippen molar-refractivity contribution in [2.75, 3.05) is 6.61 Å². The molecule has 1 unspecified atom stereocenters. The molecule has 88 valence electrons. The lowest BCUT2D eigenvalue weighted by molar-refractivity contribution is -0.145. The molecule has 0 aromatic carbocycles. The van der Waals surface area contributed by atoms with Crippen molar-refractivity contribution in [3.05, 3.63) is 0 Å². The first-order valence-corrected chi connectivity index (χ1v) is 6.00. The first-order valence-electron chi connectivity index (χ1n) is 6.00. The Morgan fingerprint density at radius 2 is 2.00 bits per heavy atom. The van der Waals surface area contributed by atoms with Crippen LogP contribution in [-0.2, 0) is 9.53 Å². The molecule has 3 nitrogen and oxygen atoms in total. The molecular formula is C12H23NO2. The fourth-order valence-electron chi connectivity index (χ4n) is 1.87. The highest BCUT2D eigenvalue weighted by molar-refractivity contribution is 5.70. The number of hydrogen-bond donors (Lipinski definition) is 1. The van der Waals surface area contributed by atoms with Crippen molar-refractivity contribution < 1.29 is 9.53 Å². The lowest BCUT2D eigenvalue weighted by atomic mass is 10.0. The van der Waals surface area contributed by atoms with Gasteiger partial charge in [0.25, 0.3) is 0 Å². The molecule has 0 saturated heterocycles. The molecule has 2 N–H and O–H groups in total. The predicted octanol–water partition coefficient (Wildman–Crippen LogP) is 2.09. The van der Waals surface area contributed by atoms with Crippen LogP contribution in [0.3, 0.4) is 0 Å². The van der Waals surface area contributed by atoms with E-state index in [1.54, 1.807) is 0 Å². The first kappa shape index (κ1) is 12.5. The zero-order chi connectivity index (χ0) is 11.3. The van der Waals surface area contributed by atoms with E-state index in [-0.39, 0.29) is 12.0 Å². The monoisotopic (exact) mass is 213 g/mol. The summed E-state index contributed by atoms with van der Waals surface area (Å²) in [7, 11) is 0. The van der Waals surface area contributed by atoms with Crippen LogP contribution in [0.2, 0.25) is 0 Å². The van der Waals surface area contributed by atoms with Crippen LogP contribution in [0.5, 0.6) is 0 Å². The molecule has 1 saturated carbocycles. The number of esters is 1. The summed E-state index contributed by atoms with van der Waals surface area (Å²) >= 11 is 0. The van der Waals surface area contributed by atoms with Crippen molar-refractivity contribution in [2.45, 2.75) is 52.0 Å². The van der Waals surface area contributed by atoms with Crippen molar-refractivity contribution in [2.24, 2.45) is 17.6 Å². The number of hydrogen-bond acceptors (Lipinski definition) is 3. The number of rotatable bonds is 5. The molecule has 1 aliphatic carbocycles. The smallest absolute Gasteiger partial charge is 0.307 e. The Morgan fingerprint density at radius 1 is 1.40 bits per heavy atom. The fourth-order valence-corrected chi connectivity index (χ4v) is 1.87. The highest BCUT2D eigenvalue weighted by Gasteiger charge is 2.18. The second kappa shape index (κ2) is 6.11. The van der Waals surface area contributed by atoms with Crippen molar-refractivity contribution >= 4 is 5.97 Å². The molecule has 15 heavy (non-hydrogen) atoms. The summed E-state index contributed by atoms with van der Waals surface area (Å²) in [5.41, 5.74) is 5.80. The van der Waals surface area contributed by atoms with E-state index < -0.39 is 0 Å². The summed E-state index contributed by atoms with van der Waals surface area (Å²) in [6, 6.07) is -0.0684. The normalized spacial score (nSPS) is 19.5. The second-order valence-corrected chi connectivity index (χ2v) is 4.95. The van der Waals surface area contributed by atoms with E-state index in [4.69, 9.17) is 10.5 Å². The molecule has 0 radical (unpaired) electrons. The van der Waals surface area contributed by atoms with Gasteiger partial charge in [0.15, 0.2) is 0 Å². The third-order valence-corrected chi connectivity index (χ3v) is 3.21. The molecule has 0 bridgehead atoms. The van der Waals surface area contributed by atoms with E-state index in [9.17, 15) is 4.79 Å². The van der Waals surface area contributed by atoms with Crippen LogP contribution >= 0.6 is 0 Å². The Labute approximate surface area is 92.4 Å². The van der Waals surface area contributed by atoms with E-state index in [1.807, 2.05) is 13.8 Å². The molecular weight excluding hydrogens is 190 g/mol. The van der Waals surface area contributed by atoms with Crippen molar-refractivity contribution in [1.82, 2.24) is 0 Å². The van der Waals surface area contributed by atoms with Crippen LogP contribution in [0.15, 0.2) is 0 Å². The molecule has 0 aliphatic heterocycles. The molecule has 0 aromatic heterocycles. The van der Waals surface area contributed by atoms with Crippen LogP contribution in [-0.4, -0.2) is 18.6 Å². The number of nitrogens with two attached hydrogens (primary N) is 1. The van der Waals surface area contributed by atoms with E-state index in [0.717, 1.165) is 0 Å². The van der Waals surface area contributed by atoms with Crippen molar-refractivity contribution in [1.29, 1.82) is 0 Å². The van der Waals surface area contributed by atoms with Gasteiger partial charge in [0.2, 0.25) is 0 Å². The van der Waals surface area contributed by atoms with Crippen LogP contribution in [0.25, 0.3) is 0 Å². The van der Waals surface area contributed by atoms with Crippen LogP contribution in [0, 0.1) is 11.8 Å². The third-order valence-electron chi connectivity index (χ3n) is 3.21. The van der Waals surface area contributed by atoms with Gasteiger partial charge in [-0.05, 0) is 24.7 Å². The summed E-state index contributed by atoms with van der Waals surface area (Å²) in [4.78, 5) is 11.4. The van der Waals surface area contributed by atoms with Gasteiger partial charge in [0.1, 0.15) is 0 Å². The Bertz CT molecular complexity index is 198. The average molecular weight is 213 g/mol. The first-order chi connectivity index (χ1) is 7.09. The summed E-state index contributed by atoms with van der Waals surface area (Å²) in [6.45, 7) is 4.65. The van der Waals surface area contributed by atoms with Crippen molar-refractivity contribution in [3.8, 4) is 0 Å². The minimum absolute atomic E-state index is 0.0684. The van der Waals surface area contributed by atoms with E-state index in [0.29, 0.717) is 24.9 Å². The minimum Gasteiger partial charge on any atom is -0.465 e. The molecule has 1 atom stereocenters. The maximum absolute atomic E-state index is 11.4. The third kappa shape index (κ3) is 4.65. The summed E-state index contributed by atoms with van der Waals surface area (Å²) < 4.78 is 5.23. The van der Waals surface area contributed by atoms with Gasteiger partial charge in [-0.25, -0.2) is 0 Å². The molecule has 0 aromatic rings. The maximum atomic E-state index is 11.4. The quantitative estimate of drug-likeness (QED) is 0.711. The van der Waals surface area contributed by atoms with Gasteiger partial charge in [0, 0.05) is 6.04 Å². The number of ether oxygens (including phenoxy) is 1. The molecule has 1 rings (SSSR count). The highest BCUT2D eigenvalue weighted by atomic mass is 16.5. The molecule has 3 heteroatoms. The molecule has 0 amide bonds. The minimum atomic E-state index is -0.136. The standard InChI is InChI=1S/C12H23NO2/c1-9(2)11(13)7-12(14)15-8-10-5-3-4-6-10/h9-11H,3-8,13H2,1-2H3. The van der Waals surface area contributed by atoms with E-state index >= 15 is 0 Å². The number of carbonyl (C=O) groups excluding carboxylic acids is 1. The topological polar surface area (TPSA) is 52.3 Å².